The van der Waals surface area contributed by atoms with E-state index in [2.05, 4.69) is 4.84 Å². The molecule has 3 atom stereocenters. The number of fused-ring (bicyclic) bond motifs is 1. The van der Waals surface area contributed by atoms with E-state index in [4.69, 9.17) is 16.5 Å². The summed E-state index contributed by atoms with van der Waals surface area (Å²) < 4.78 is 5.33. The van der Waals surface area contributed by atoms with Crippen molar-refractivity contribution in [1.82, 2.24) is 4.84 Å². The van der Waals surface area contributed by atoms with Crippen molar-refractivity contribution in [1.29, 1.82) is 0 Å². The average Bonchev–Trinajstić information content (AvgIpc) is 2.64. The Bertz CT molecular complexity index is 120. The minimum absolute atomic E-state index is 0.422. The fraction of sp³-hybridized carbons (Fsp3) is 1.00. The van der Waals surface area contributed by atoms with Gasteiger partial charge in [-0.3, -0.25) is 0 Å². The summed E-state index contributed by atoms with van der Waals surface area (Å²) in [6, 6.07) is 0.422. The van der Waals surface area contributed by atoms with Crippen LogP contribution in [0.4, 0.5) is 0 Å². The molecule has 0 aromatic rings. The van der Waals surface area contributed by atoms with Crippen LogP contribution < -0.4 is 4.84 Å². The molecule has 52 valence electrons. The van der Waals surface area contributed by atoms with Crippen LogP contribution in [0, 0.1) is 0 Å². The van der Waals surface area contributed by atoms with Crippen molar-refractivity contribution in [3.05, 3.63) is 0 Å². The second-order valence-corrected chi connectivity index (χ2v) is 3.00. The fourth-order valence-electron chi connectivity index (χ4n) is 1.56. The molecule has 1 aliphatic carbocycles. The van der Waals surface area contributed by atoms with E-state index in [1.54, 1.807) is 0 Å². The number of nitrogens with one attached hydrogen (secondary N) is 1. The van der Waals surface area contributed by atoms with Gasteiger partial charge >= 0.3 is 0 Å². The minimum Gasteiger partial charge on any atom is -0.368 e. The number of epoxide rings is 1. The van der Waals surface area contributed by atoms with Gasteiger partial charge in [0.2, 0.25) is 0 Å². The molecule has 2 rings (SSSR count). The van der Waals surface area contributed by atoms with Crippen molar-refractivity contribution in [2.75, 3.05) is 0 Å². The van der Waals surface area contributed by atoms with Gasteiger partial charge in [-0.25, -0.2) is 4.84 Å². The van der Waals surface area contributed by atoms with Crippen LogP contribution in [0.15, 0.2) is 0 Å². The topological polar surface area (TPSA) is 24.6 Å². The Morgan fingerprint density at radius 2 is 2.33 bits per heavy atom. The third kappa shape index (κ3) is 0.955. The van der Waals surface area contributed by atoms with Crippen molar-refractivity contribution in [2.24, 2.45) is 0 Å². The van der Waals surface area contributed by atoms with Crippen LogP contribution in [0.3, 0.4) is 0 Å². The van der Waals surface area contributed by atoms with Crippen LogP contribution in [0.5, 0.6) is 0 Å². The monoisotopic (exact) mass is 147 g/mol. The first-order chi connectivity index (χ1) is 4.42. The maximum atomic E-state index is 5.47. The van der Waals surface area contributed by atoms with Gasteiger partial charge in [0.1, 0.15) is 6.10 Å². The summed E-state index contributed by atoms with van der Waals surface area (Å²) in [6.45, 7) is 0. The van der Waals surface area contributed by atoms with Gasteiger partial charge in [0.15, 0.2) is 0 Å². The lowest BCUT2D eigenvalue weighted by molar-refractivity contribution is 0.353. The van der Waals surface area contributed by atoms with Gasteiger partial charge in [-0.2, -0.15) is 0 Å². The molecule has 1 heterocycles. The van der Waals surface area contributed by atoms with Crippen molar-refractivity contribution in [2.45, 2.75) is 37.5 Å². The van der Waals surface area contributed by atoms with E-state index < -0.39 is 0 Å². The predicted octanol–water partition coefficient (Wildman–Crippen LogP) is 1.05. The normalized spacial score (nSPS) is 48.3. The number of rotatable bonds is 1. The Balaban J connectivity index is 1.93. The van der Waals surface area contributed by atoms with Crippen LogP contribution >= 0.6 is 11.8 Å². The molecule has 1 saturated carbocycles. The van der Waals surface area contributed by atoms with Gasteiger partial charge in [-0.15, -0.1) is 0 Å². The third-order valence-corrected chi connectivity index (χ3v) is 2.44. The summed E-state index contributed by atoms with van der Waals surface area (Å²) in [6.07, 6.45) is 4.64. The summed E-state index contributed by atoms with van der Waals surface area (Å²) in [5.74, 6) is 0. The summed E-state index contributed by atoms with van der Waals surface area (Å²) in [7, 11) is 0. The van der Waals surface area contributed by atoms with E-state index in [-0.39, 0.29) is 0 Å². The molecule has 0 radical (unpaired) electrons. The highest BCUT2D eigenvalue weighted by atomic mass is 35.5. The van der Waals surface area contributed by atoms with Crippen molar-refractivity contribution in [3.63, 3.8) is 0 Å². The highest BCUT2D eigenvalue weighted by molar-refractivity contribution is 6.13. The van der Waals surface area contributed by atoms with Gasteiger partial charge in [-0.05, 0) is 31.0 Å². The summed E-state index contributed by atoms with van der Waals surface area (Å²) in [4.78, 5) is 2.74. The Labute approximate surface area is 59.6 Å². The lowest BCUT2D eigenvalue weighted by Crippen LogP contribution is -2.31. The summed E-state index contributed by atoms with van der Waals surface area (Å²) >= 11 is 5.47. The molecule has 1 saturated heterocycles. The molecule has 1 aliphatic heterocycles. The molecule has 3 heteroatoms. The molecule has 0 bridgehead atoms. The predicted molar refractivity (Wildman–Crippen MR) is 35.3 cm³/mol. The number of hydrogen-bond donors (Lipinski definition) is 1. The zero-order valence-electron chi connectivity index (χ0n) is 5.14. The number of ether oxygens (including phenoxy) is 1. The van der Waals surface area contributed by atoms with Crippen molar-refractivity contribution < 1.29 is 4.74 Å². The zero-order valence-corrected chi connectivity index (χ0v) is 5.90. The molecule has 9 heavy (non-hydrogen) atoms. The molecule has 0 spiro atoms. The van der Waals surface area contributed by atoms with E-state index in [0.29, 0.717) is 18.2 Å². The number of hydrogen-bond acceptors (Lipinski definition) is 2. The van der Waals surface area contributed by atoms with Crippen LogP contribution in [0.2, 0.25) is 0 Å². The molecule has 1 N–H and O–H groups in total. The molecule has 2 nitrogen and oxygen atoms in total. The SMILES string of the molecule is ClNC1CCC[C@H]2O[C@@H]12. The first kappa shape index (κ1) is 5.96. The Morgan fingerprint density at radius 3 is 3.00 bits per heavy atom. The van der Waals surface area contributed by atoms with E-state index >= 15 is 0 Å². The second-order valence-electron chi connectivity index (χ2n) is 2.79. The Morgan fingerprint density at radius 1 is 1.44 bits per heavy atom. The van der Waals surface area contributed by atoms with Gasteiger partial charge < -0.3 is 4.74 Å². The smallest absolute Gasteiger partial charge is 0.101 e. The summed E-state index contributed by atoms with van der Waals surface area (Å²) in [5.41, 5.74) is 0. The minimum atomic E-state index is 0.422. The lowest BCUT2D eigenvalue weighted by atomic mass is 9.96. The van der Waals surface area contributed by atoms with E-state index in [1.807, 2.05) is 0 Å². The van der Waals surface area contributed by atoms with Crippen LogP contribution in [-0.4, -0.2) is 18.2 Å². The highest BCUT2D eigenvalue weighted by Gasteiger charge is 2.46. The number of halogens is 1. The van der Waals surface area contributed by atoms with Crippen LogP contribution in [0.1, 0.15) is 19.3 Å². The van der Waals surface area contributed by atoms with Crippen molar-refractivity contribution in [3.8, 4) is 0 Å². The molecule has 0 amide bonds. The third-order valence-electron chi connectivity index (χ3n) is 2.16. The van der Waals surface area contributed by atoms with E-state index in [1.165, 1.54) is 19.3 Å². The average molecular weight is 148 g/mol. The molecule has 2 aliphatic rings. The molecule has 0 aromatic carbocycles. The Kier molecular flexibility index (Phi) is 1.40. The van der Waals surface area contributed by atoms with Gasteiger partial charge in [0, 0.05) is 0 Å². The molecule has 2 fully saturated rings. The molecular weight excluding hydrogens is 138 g/mol. The van der Waals surface area contributed by atoms with Crippen LogP contribution in [0.25, 0.3) is 0 Å². The maximum Gasteiger partial charge on any atom is 0.101 e. The molecule has 0 aromatic heterocycles. The standard InChI is InChI=1S/C6H10ClNO/c7-8-4-2-1-3-5-6(4)9-5/h4-6,8H,1-3H2/t4?,5-,6+/m1/s1. The maximum absolute atomic E-state index is 5.47. The van der Waals surface area contributed by atoms with Crippen LogP contribution in [-0.2, 0) is 4.74 Å². The summed E-state index contributed by atoms with van der Waals surface area (Å²) in [5, 5.41) is 0. The van der Waals surface area contributed by atoms with Gasteiger partial charge in [-0.1, -0.05) is 0 Å². The first-order valence-electron chi connectivity index (χ1n) is 3.43. The van der Waals surface area contributed by atoms with Gasteiger partial charge in [0.05, 0.1) is 12.1 Å². The van der Waals surface area contributed by atoms with E-state index in [0.717, 1.165) is 0 Å². The van der Waals surface area contributed by atoms with Crippen molar-refractivity contribution >= 4 is 11.8 Å². The second kappa shape index (κ2) is 2.11. The lowest BCUT2D eigenvalue weighted by Gasteiger charge is -2.14. The molecule has 1 unspecified atom stereocenters. The quantitative estimate of drug-likeness (QED) is 0.443. The molecular formula is C6H10ClNO. The van der Waals surface area contributed by atoms with Gasteiger partial charge in [0.25, 0.3) is 0 Å². The first-order valence-corrected chi connectivity index (χ1v) is 3.81. The van der Waals surface area contributed by atoms with E-state index in [9.17, 15) is 0 Å². The fourth-order valence-corrected chi connectivity index (χ4v) is 1.80. The zero-order chi connectivity index (χ0) is 6.27. The highest BCUT2D eigenvalue weighted by Crippen LogP contribution is 2.36. The Hall–Kier alpha value is 0.210. The largest absolute Gasteiger partial charge is 0.368 e.